The van der Waals surface area contributed by atoms with E-state index in [1.807, 2.05) is 0 Å². The highest BCUT2D eigenvalue weighted by Gasteiger charge is 2.35. The molecule has 110 valence electrons. The standard InChI is InChI=1S/C9H14N6O3S2/c1-9(2,7(10)16)14-20(17,18)6-5(13-11)12-8-15(6)3-4-19-8/h3-4,13-14H,11H2,1-2H3,(H2,10,16). The second kappa shape index (κ2) is 4.70. The number of sulfonamides is 1. The van der Waals surface area contributed by atoms with E-state index in [4.69, 9.17) is 11.6 Å². The van der Waals surface area contributed by atoms with Crippen LogP contribution in [0.4, 0.5) is 5.82 Å². The van der Waals surface area contributed by atoms with E-state index in [9.17, 15) is 13.2 Å². The van der Waals surface area contributed by atoms with Crippen molar-refractivity contribution in [2.24, 2.45) is 11.6 Å². The summed E-state index contributed by atoms with van der Waals surface area (Å²) in [4.78, 5) is 15.8. The second-order valence-corrected chi connectivity index (χ2v) is 7.03. The highest BCUT2D eigenvalue weighted by molar-refractivity contribution is 7.89. The lowest BCUT2D eigenvalue weighted by Crippen LogP contribution is -2.53. The lowest BCUT2D eigenvalue weighted by molar-refractivity contribution is -0.122. The molecular weight excluding hydrogens is 304 g/mol. The molecule has 2 rings (SSSR count). The van der Waals surface area contributed by atoms with Crippen molar-refractivity contribution in [1.82, 2.24) is 14.1 Å². The number of hydrazine groups is 1. The molecule has 0 bridgehead atoms. The smallest absolute Gasteiger partial charge is 0.261 e. The van der Waals surface area contributed by atoms with Crippen LogP contribution in [0.15, 0.2) is 16.6 Å². The average Bonchev–Trinajstić information content (AvgIpc) is 2.85. The maximum Gasteiger partial charge on any atom is 0.261 e. The van der Waals surface area contributed by atoms with Gasteiger partial charge >= 0.3 is 0 Å². The summed E-state index contributed by atoms with van der Waals surface area (Å²) in [5.74, 6) is 4.48. The third kappa shape index (κ3) is 2.35. The first-order chi connectivity index (χ1) is 9.19. The third-order valence-corrected chi connectivity index (χ3v) is 5.05. The summed E-state index contributed by atoms with van der Waals surface area (Å²) >= 11 is 1.25. The van der Waals surface area contributed by atoms with Crippen LogP contribution >= 0.6 is 11.3 Å². The van der Waals surface area contributed by atoms with Gasteiger partial charge < -0.3 is 11.2 Å². The van der Waals surface area contributed by atoms with Crippen molar-refractivity contribution in [1.29, 1.82) is 0 Å². The van der Waals surface area contributed by atoms with Gasteiger partial charge in [-0.3, -0.25) is 9.20 Å². The van der Waals surface area contributed by atoms with E-state index >= 15 is 0 Å². The Bertz CT molecular complexity index is 760. The molecule has 0 aliphatic rings. The average molecular weight is 318 g/mol. The van der Waals surface area contributed by atoms with Gasteiger partial charge in [0.05, 0.1) is 0 Å². The van der Waals surface area contributed by atoms with E-state index in [0.29, 0.717) is 4.96 Å². The molecule has 0 saturated carbocycles. The molecule has 20 heavy (non-hydrogen) atoms. The van der Waals surface area contributed by atoms with Crippen molar-refractivity contribution in [2.45, 2.75) is 24.4 Å². The van der Waals surface area contributed by atoms with Gasteiger partial charge in [-0.15, -0.1) is 11.3 Å². The van der Waals surface area contributed by atoms with Crippen LogP contribution in [0, 0.1) is 0 Å². The Hall–Kier alpha value is -1.69. The summed E-state index contributed by atoms with van der Waals surface area (Å²) in [5, 5.41) is 1.51. The number of nitrogens with one attached hydrogen (secondary N) is 2. The van der Waals surface area contributed by atoms with Crippen LogP contribution in [0.25, 0.3) is 4.96 Å². The van der Waals surface area contributed by atoms with Gasteiger partial charge in [-0.05, 0) is 13.8 Å². The molecule has 0 aromatic carbocycles. The Morgan fingerprint density at radius 2 is 2.15 bits per heavy atom. The summed E-state index contributed by atoms with van der Waals surface area (Å²) in [7, 11) is -4.05. The summed E-state index contributed by atoms with van der Waals surface area (Å²) < 4.78 is 28.5. The topological polar surface area (TPSA) is 145 Å². The van der Waals surface area contributed by atoms with Crippen molar-refractivity contribution in [3.8, 4) is 0 Å². The number of imidazole rings is 1. The fraction of sp³-hybridized carbons (Fsp3) is 0.333. The van der Waals surface area contributed by atoms with E-state index in [1.165, 1.54) is 29.6 Å². The number of carbonyl (C=O) groups is 1. The number of amides is 1. The molecule has 0 aliphatic carbocycles. The predicted octanol–water partition coefficient (Wildman–Crippen LogP) is -0.776. The van der Waals surface area contributed by atoms with E-state index in [2.05, 4.69) is 15.1 Å². The minimum Gasteiger partial charge on any atom is -0.368 e. The Morgan fingerprint density at radius 3 is 2.70 bits per heavy atom. The minimum atomic E-state index is -4.05. The number of fused-ring (bicyclic) bond motifs is 1. The Balaban J connectivity index is 2.57. The molecule has 0 fully saturated rings. The highest BCUT2D eigenvalue weighted by atomic mass is 32.2. The molecular formula is C9H14N6O3S2. The number of carbonyl (C=O) groups excluding carboxylic acids is 1. The summed E-state index contributed by atoms with van der Waals surface area (Å²) in [6.07, 6.45) is 1.54. The number of aromatic nitrogens is 2. The number of nitrogens with zero attached hydrogens (tertiary/aromatic N) is 2. The number of primary amides is 1. The molecule has 2 aromatic heterocycles. The van der Waals surface area contributed by atoms with Gasteiger partial charge in [-0.2, -0.15) is 9.71 Å². The van der Waals surface area contributed by atoms with Crippen molar-refractivity contribution >= 4 is 38.0 Å². The summed E-state index contributed by atoms with van der Waals surface area (Å²) in [6, 6.07) is 0. The van der Waals surface area contributed by atoms with Gasteiger partial charge in [0.1, 0.15) is 5.54 Å². The number of thiazole rings is 1. The largest absolute Gasteiger partial charge is 0.368 e. The molecule has 2 aromatic rings. The van der Waals surface area contributed by atoms with Crippen molar-refractivity contribution in [3.63, 3.8) is 0 Å². The van der Waals surface area contributed by atoms with Gasteiger partial charge in [-0.1, -0.05) is 0 Å². The number of nitrogens with two attached hydrogens (primary N) is 2. The van der Waals surface area contributed by atoms with Crippen LogP contribution in [-0.2, 0) is 14.8 Å². The van der Waals surface area contributed by atoms with Gasteiger partial charge in [0.2, 0.25) is 10.9 Å². The maximum absolute atomic E-state index is 12.4. The zero-order valence-electron chi connectivity index (χ0n) is 10.7. The number of rotatable bonds is 5. The Morgan fingerprint density at radius 1 is 1.50 bits per heavy atom. The molecule has 6 N–H and O–H groups in total. The minimum absolute atomic E-state index is 0.00961. The molecule has 0 radical (unpaired) electrons. The first kappa shape index (κ1) is 14.7. The normalized spacial score (nSPS) is 12.8. The molecule has 0 unspecified atom stereocenters. The second-order valence-electron chi connectivity index (χ2n) is 4.56. The fourth-order valence-electron chi connectivity index (χ4n) is 1.55. The summed E-state index contributed by atoms with van der Waals surface area (Å²) in [5.41, 5.74) is 5.96. The van der Waals surface area contributed by atoms with Crippen molar-refractivity contribution in [2.75, 3.05) is 5.43 Å². The molecule has 0 spiro atoms. The highest BCUT2D eigenvalue weighted by Crippen LogP contribution is 2.25. The monoisotopic (exact) mass is 318 g/mol. The first-order valence-corrected chi connectivity index (χ1v) is 7.81. The van der Waals surface area contributed by atoms with Gasteiger partial charge in [0.15, 0.2) is 10.8 Å². The predicted molar refractivity (Wildman–Crippen MR) is 74.5 cm³/mol. The van der Waals surface area contributed by atoms with Crippen LogP contribution < -0.4 is 21.7 Å². The van der Waals surface area contributed by atoms with Crippen LogP contribution in [0.3, 0.4) is 0 Å². The maximum atomic E-state index is 12.4. The Labute approximate surface area is 119 Å². The summed E-state index contributed by atoms with van der Waals surface area (Å²) in [6.45, 7) is 2.74. The quantitative estimate of drug-likeness (QED) is 0.420. The zero-order valence-corrected chi connectivity index (χ0v) is 12.4. The fourth-order valence-corrected chi connectivity index (χ4v) is 3.96. The molecule has 1 amide bonds. The van der Waals surface area contributed by atoms with E-state index < -0.39 is 21.5 Å². The van der Waals surface area contributed by atoms with E-state index in [1.54, 1.807) is 11.6 Å². The lowest BCUT2D eigenvalue weighted by atomic mass is 10.1. The van der Waals surface area contributed by atoms with Crippen molar-refractivity contribution in [3.05, 3.63) is 11.6 Å². The molecule has 9 nitrogen and oxygen atoms in total. The number of anilines is 1. The van der Waals surface area contributed by atoms with Gasteiger partial charge in [-0.25, -0.2) is 14.3 Å². The molecule has 11 heteroatoms. The van der Waals surface area contributed by atoms with Crippen molar-refractivity contribution < 1.29 is 13.2 Å². The lowest BCUT2D eigenvalue weighted by Gasteiger charge is -2.21. The molecule has 0 atom stereocenters. The third-order valence-electron chi connectivity index (χ3n) is 2.62. The van der Waals surface area contributed by atoms with Gasteiger partial charge in [0, 0.05) is 11.6 Å². The SMILES string of the molecule is CC(C)(NS(=O)(=O)c1c(NN)nc2sccn12)C(N)=O. The van der Waals surface area contributed by atoms with E-state index in [0.717, 1.165) is 0 Å². The van der Waals surface area contributed by atoms with Crippen LogP contribution in [-0.4, -0.2) is 29.2 Å². The van der Waals surface area contributed by atoms with Crippen LogP contribution in [0.2, 0.25) is 0 Å². The Kier molecular flexibility index (Phi) is 3.46. The molecule has 2 heterocycles. The zero-order chi connectivity index (χ0) is 15.1. The van der Waals surface area contributed by atoms with Crippen LogP contribution in [0.1, 0.15) is 13.8 Å². The van der Waals surface area contributed by atoms with Crippen LogP contribution in [0.5, 0.6) is 0 Å². The number of nitrogen functional groups attached to an aromatic ring is 1. The number of hydrogen-bond acceptors (Lipinski definition) is 7. The first-order valence-electron chi connectivity index (χ1n) is 5.45. The molecule has 0 aliphatic heterocycles. The molecule has 0 saturated heterocycles. The number of hydrogen-bond donors (Lipinski definition) is 4. The van der Waals surface area contributed by atoms with E-state index in [-0.39, 0.29) is 10.8 Å². The van der Waals surface area contributed by atoms with Gasteiger partial charge in [0.25, 0.3) is 10.0 Å².